The second-order valence-corrected chi connectivity index (χ2v) is 9.23. The van der Waals surface area contributed by atoms with E-state index in [1.807, 2.05) is 12.3 Å². The maximum absolute atomic E-state index is 14.2. The molecule has 0 atom stereocenters. The molecule has 1 fully saturated rings. The molecule has 2 heterocycles. The lowest BCUT2D eigenvalue weighted by molar-refractivity contribution is 0.397. The summed E-state index contributed by atoms with van der Waals surface area (Å²) in [5, 5.41) is 3.13. The Morgan fingerprint density at radius 2 is 1.91 bits per heavy atom. The number of rotatable bonds is 8. The van der Waals surface area contributed by atoms with E-state index in [4.69, 9.17) is 0 Å². The highest BCUT2D eigenvalue weighted by Gasteiger charge is 2.24. The van der Waals surface area contributed by atoms with E-state index in [0.717, 1.165) is 72.2 Å². The van der Waals surface area contributed by atoms with Crippen molar-refractivity contribution in [2.75, 3.05) is 18.0 Å². The van der Waals surface area contributed by atoms with Crippen LogP contribution in [-0.4, -0.2) is 18.1 Å². The van der Waals surface area contributed by atoms with Gasteiger partial charge in [0.05, 0.1) is 0 Å². The number of benzene rings is 2. The van der Waals surface area contributed by atoms with Crippen molar-refractivity contribution in [3.8, 4) is 11.1 Å². The molecule has 1 aliphatic heterocycles. The molecule has 0 bridgehead atoms. The van der Waals surface area contributed by atoms with Crippen LogP contribution in [0.1, 0.15) is 42.1 Å². The monoisotopic (exact) mass is 473 g/mol. The molecule has 0 spiro atoms. The van der Waals surface area contributed by atoms with Gasteiger partial charge in [-0.25, -0.2) is 8.78 Å². The summed E-state index contributed by atoms with van der Waals surface area (Å²) in [5.41, 5.74) is 8.16. The molecule has 1 aliphatic rings. The number of halogens is 2. The molecule has 4 rings (SSSR count). The summed E-state index contributed by atoms with van der Waals surface area (Å²) < 4.78 is 27.5. The molecule has 0 amide bonds. The van der Waals surface area contributed by atoms with E-state index in [9.17, 15) is 8.78 Å². The molecule has 1 saturated heterocycles. The number of pyridine rings is 1. The molecule has 0 aliphatic carbocycles. The van der Waals surface area contributed by atoms with Crippen LogP contribution in [0.2, 0.25) is 0 Å². The van der Waals surface area contributed by atoms with Crippen LogP contribution in [0.15, 0.2) is 68.0 Å². The molecule has 0 radical (unpaired) electrons. The molecule has 2 aromatic carbocycles. The molecule has 1 aromatic heterocycles. The average Bonchev–Trinajstić information content (AvgIpc) is 2.86. The lowest BCUT2D eigenvalue weighted by Gasteiger charge is -2.36. The minimum Gasteiger partial charge on any atom is -0.371 e. The summed E-state index contributed by atoms with van der Waals surface area (Å²) in [7, 11) is 0. The number of nitrogens with zero attached hydrogens (tertiary/aromatic N) is 2. The Bertz CT molecular complexity index is 1230. The summed E-state index contributed by atoms with van der Waals surface area (Å²) in [6.07, 6.45) is 6.87. The van der Waals surface area contributed by atoms with Gasteiger partial charge in [-0.3, -0.25) is 4.98 Å². The number of aromatic nitrogens is 1. The topological polar surface area (TPSA) is 28.2 Å². The Labute approximate surface area is 207 Å². The van der Waals surface area contributed by atoms with Crippen molar-refractivity contribution in [2.45, 2.75) is 39.5 Å². The first-order valence-corrected chi connectivity index (χ1v) is 12.3. The van der Waals surface area contributed by atoms with E-state index in [1.165, 1.54) is 11.6 Å². The number of piperidine rings is 1. The first-order chi connectivity index (χ1) is 16.9. The van der Waals surface area contributed by atoms with Crippen molar-refractivity contribution in [3.05, 3.63) is 102 Å². The fraction of sp³-hybridized carbons (Fsp3) is 0.300. The number of aryl methyl sites for hydroxylation is 2. The van der Waals surface area contributed by atoms with Crippen LogP contribution in [-0.2, 0) is 12.8 Å². The predicted octanol–water partition coefficient (Wildman–Crippen LogP) is 7.06. The molecule has 182 valence electrons. The standard InChI is InChI=1S/C30H33F2N3/c1-5-29-25(8-7-13-34-29)27-16-20(3)26(21(4)33-6-2)19-30(27)35-14-11-22(12-15-35)17-23-9-10-24(31)18-28(23)32/h6-10,13,16,18-19,22,33H,2,4-5,11-12,14-15,17H2,1,3H3. The van der Waals surface area contributed by atoms with Crippen molar-refractivity contribution < 1.29 is 8.78 Å². The second kappa shape index (κ2) is 10.9. The Morgan fingerprint density at radius 3 is 2.60 bits per heavy atom. The summed E-state index contributed by atoms with van der Waals surface area (Å²) >= 11 is 0. The Morgan fingerprint density at radius 1 is 1.14 bits per heavy atom. The summed E-state index contributed by atoms with van der Waals surface area (Å²) in [6, 6.07) is 12.5. The van der Waals surface area contributed by atoms with Gasteiger partial charge >= 0.3 is 0 Å². The first-order valence-electron chi connectivity index (χ1n) is 12.3. The third-order valence-electron chi connectivity index (χ3n) is 6.94. The fourth-order valence-corrected chi connectivity index (χ4v) is 5.04. The van der Waals surface area contributed by atoms with Crippen LogP contribution in [0.4, 0.5) is 14.5 Å². The van der Waals surface area contributed by atoms with Gasteiger partial charge in [-0.1, -0.05) is 32.2 Å². The average molecular weight is 474 g/mol. The minimum absolute atomic E-state index is 0.363. The SMILES string of the molecule is C=CNC(=C)c1cc(N2CCC(Cc3ccc(F)cc3F)CC2)c(-c2cccnc2CC)cc1C. The number of nitrogens with one attached hydrogen (secondary N) is 1. The van der Waals surface area contributed by atoms with Crippen molar-refractivity contribution in [1.82, 2.24) is 10.3 Å². The van der Waals surface area contributed by atoms with E-state index in [-0.39, 0.29) is 0 Å². The van der Waals surface area contributed by atoms with E-state index < -0.39 is 11.6 Å². The highest BCUT2D eigenvalue weighted by atomic mass is 19.1. The zero-order valence-corrected chi connectivity index (χ0v) is 20.6. The minimum atomic E-state index is -0.529. The van der Waals surface area contributed by atoms with E-state index in [2.05, 4.69) is 60.4 Å². The summed E-state index contributed by atoms with van der Waals surface area (Å²) in [6.45, 7) is 13.9. The quantitative estimate of drug-likeness (QED) is 0.380. The van der Waals surface area contributed by atoms with Gasteiger partial charge in [0.1, 0.15) is 11.6 Å². The Hall–Kier alpha value is -3.47. The van der Waals surface area contributed by atoms with Crippen LogP contribution in [0, 0.1) is 24.5 Å². The Balaban J connectivity index is 1.64. The highest BCUT2D eigenvalue weighted by molar-refractivity contribution is 5.84. The lowest BCUT2D eigenvalue weighted by Crippen LogP contribution is -2.35. The van der Waals surface area contributed by atoms with Gasteiger partial charge in [0, 0.05) is 59.1 Å². The smallest absolute Gasteiger partial charge is 0.129 e. The van der Waals surface area contributed by atoms with Crippen LogP contribution in [0.3, 0.4) is 0 Å². The third-order valence-corrected chi connectivity index (χ3v) is 6.94. The lowest BCUT2D eigenvalue weighted by atomic mass is 9.88. The molecule has 35 heavy (non-hydrogen) atoms. The van der Waals surface area contributed by atoms with E-state index in [1.54, 1.807) is 12.3 Å². The predicted molar refractivity (Wildman–Crippen MR) is 141 cm³/mol. The number of anilines is 1. The van der Waals surface area contributed by atoms with Crippen LogP contribution < -0.4 is 10.2 Å². The van der Waals surface area contributed by atoms with Crippen molar-refractivity contribution in [1.29, 1.82) is 0 Å². The molecule has 0 unspecified atom stereocenters. The summed E-state index contributed by atoms with van der Waals surface area (Å²) in [4.78, 5) is 7.05. The van der Waals surface area contributed by atoms with Crippen LogP contribution >= 0.6 is 0 Å². The molecule has 3 nitrogen and oxygen atoms in total. The summed E-state index contributed by atoms with van der Waals surface area (Å²) in [5.74, 6) is -0.616. The molecule has 0 saturated carbocycles. The van der Waals surface area contributed by atoms with Gasteiger partial charge in [-0.05, 0) is 80.1 Å². The zero-order valence-electron chi connectivity index (χ0n) is 20.6. The molecule has 1 N–H and O–H groups in total. The van der Waals surface area contributed by atoms with Crippen molar-refractivity contribution >= 4 is 11.4 Å². The van der Waals surface area contributed by atoms with Crippen LogP contribution in [0.5, 0.6) is 0 Å². The van der Waals surface area contributed by atoms with Gasteiger partial charge in [0.25, 0.3) is 0 Å². The molecule has 3 aromatic rings. The zero-order chi connectivity index (χ0) is 24.9. The van der Waals surface area contributed by atoms with Gasteiger partial charge in [0.2, 0.25) is 0 Å². The largest absolute Gasteiger partial charge is 0.371 e. The number of hydrogen-bond acceptors (Lipinski definition) is 3. The van der Waals surface area contributed by atoms with Gasteiger partial charge in [-0.2, -0.15) is 0 Å². The van der Waals surface area contributed by atoms with Gasteiger partial charge in [0.15, 0.2) is 0 Å². The van der Waals surface area contributed by atoms with E-state index >= 15 is 0 Å². The Kier molecular flexibility index (Phi) is 7.64. The second-order valence-electron chi connectivity index (χ2n) is 9.23. The van der Waals surface area contributed by atoms with Crippen molar-refractivity contribution in [2.24, 2.45) is 5.92 Å². The normalized spacial score (nSPS) is 14.1. The van der Waals surface area contributed by atoms with Gasteiger partial charge in [-0.15, -0.1) is 0 Å². The molecular weight excluding hydrogens is 440 g/mol. The highest BCUT2D eigenvalue weighted by Crippen LogP contribution is 2.38. The van der Waals surface area contributed by atoms with Crippen LogP contribution in [0.25, 0.3) is 16.8 Å². The fourth-order valence-electron chi connectivity index (χ4n) is 5.04. The maximum atomic E-state index is 14.2. The maximum Gasteiger partial charge on any atom is 0.129 e. The molecular formula is C30H33F2N3. The van der Waals surface area contributed by atoms with Crippen molar-refractivity contribution in [3.63, 3.8) is 0 Å². The van der Waals surface area contributed by atoms with E-state index in [0.29, 0.717) is 17.9 Å². The molecule has 5 heteroatoms. The number of hydrogen-bond donors (Lipinski definition) is 1. The van der Waals surface area contributed by atoms with Gasteiger partial charge < -0.3 is 10.2 Å². The third kappa shape index (κ3) is 5.45. The first kappa shape index (κ1) is 24.6.